The molecule has 4 rings (SSSR count). The average Bonchev–Trinajstić information content (AvgIpc) is 3.26. The number of nitro groups is 1. The first-order valence-corrected chi connectivity index (χ1v) is 10.7. The van der Waals surface area contributed by atoms with E-state index >= 15 is 0 Å². The summed E-state index contributed by atoms with van der Waals surface area (Å²) in [4.78, 5) is 44.7. The van der Waals surface area contributed by atoms with Gasteiger partial charge in [-0.05, 0) is 57.3 Å². The summed E-state index contributed by atoms with van der Waals surface area (Å²) in [5.74, 6) is -1.86. The number of amides is 1. The van der Waals surface area contributed by atoms with Crippen LogP contribution in [0.5, 0.6) is 0 Å². The Labute approximate surface area is 195 Å². The van der Waals surface area contributed by atoms with Gasteiger partial charge in [-0.2, -0.15) is 0 Å². The Balaban J connectivity index is 1.93. The summed E-state index contributed by atoms with van der Waals surface area (Å²) in [6.45, 7) is 4.35. The van der Waals surface area contributed by atoms with Gasteiger partial charge in [-0.3, -0.25) is 24.1 Å². The number of aliphatic hydroxyl groups excluding tert-OH is 1. The molecular formula is C24H25N5O5. The third-order valence-corrected chi connectivity index (χ3v) is 5.99. The number of likely N-dealkylation sites (N-methyl/N-ethyl adjacent to an activating group) is 1. The summed E-state index contributed by atoms with van der Waals surface area (Å²) in [5, 5.41) is 22.6. The van der Waals surface area contributed by atoms with Crippen LogP contribution in [0, 0.1) is 24.0 Å². The number of hydrogen-bond donors (Lipinski definition) is 1. The van der Waals surface area contributed by atoms with E-state index in [-0.39, 0.29) is 23.6 Å². The molecule has 0 bridgehead atoms. The topological polar surface area (TPSA) is 121 Å². The highest BCUT2D eigenvalue weighted by Gasteiger charge is 2.46. The van der Waals surface area contributed by atoms with Crippen molar-refractivity contribution in [1.29, 1.82) is 0 Å². The third kappa shape index (κ3) is 3.81. The van der Waals surface area contributed by atoms with E-state index in [0.29, 0.717) is 29.1 Å². The zero-order chi connectivity index (χ0) is 24.7. The maximum absolute atomic E-state index is 13.2. The van der Waals surface area contributed by atoms with Gasteiger partial charge in [-0.1, -0.05) is 6.07 Å². The number of pyridine rings is 1. The number of Topliss-reactive ketones (excluding diaryl/α,β-unsaturated/α-hetero) is 1. The Morgan fingerprint density at radius 3 is 2.47 bits per heavy atom. The molecule has 10 nitrogen and oxygen atoms in total. The van der Waals surface area contributed by atoms with E-state index in [9.17, 15) is 24.8 Å². The van der Waals surface area contributed by atoms with Crippen molar-refractivity contribution >= 4 is 28.8 Å². The fraction of sp³-hybridized carbons (Fsp3) is 0.292. The van der Waals surface area contributed by atoms with E-state index < -0.39 is 22.7 Å². The second-order valence-corrected chi connectivity index (χ2v) is 8.58. The fourth-order valence-corrected chi connectivity index (χ4v) is 4.27. The molecule has 1 fully saturated rings. The van der Waals surface area contributed by atoms with Crippen molar-refractivity contribution in [2.45, 2.75) is 19.9 Å². The van der Waals surface area contributed by atoms with E-state index in [0.717, 1.165) is 5.56 Å². The van der Waals surface area contributed by atoms with Crippen molar-refractivity contribution in [2.24, 2.45) is 0 Å². The largest absolute Gasteiger partial charge is 0.505 e. The molecule has 0 unspecified atom stereocenters. The smallest absolute Gasteiger partial charge is 0.295 e. The lowest BCUT2D eigenvalue weighted by atomic mass is 9.96. The number of fused-ring (bicyclic) bond motifs is 1. The van der Waals surface area contributed by atoms with Gasteiger partial charge in [0.05, 0.1) is 22.2 Å². The fourth-order valence-electron chi connectivity index (χ4n) is 4.27. The lowest BCUT2D eigenvalue weighted by Gasteiger charge is -2.26. The van der Waals surface area contributed by atoms with Crippen molar-refractivity contribution in [3.05, 3.63) is 80.8 Å². The molecule has 1 saturated heterocycles. The number of non-ortho nitro benzene ring substituents is 1. The normalized spacial score (nSPS) is 17.8. The number of hydrogen-bond acceptors (Lipinski definition) is 7. The number of nitrogens with zero attached hydrogens (tertiary/aromatic N) is 5. The molecular weight excluding hydrogens is 438 g/mol. The molecule has 1 aliphatic rings. The van der Waals surface area contributed by atoms with Crippen LogP contribution in [0.1, 0.15) is 28.6 Å². The Bertz CT molecular complexity index is 1340. The number of benzene rings is 1. The zero-order valence-electron chi connectivity index (χ0n) is 19.3. The van der Waals surface area contributed by atoms with Crippen molar-refractivity contribution in [3.63, 3.8) is 0 Å². The van der Waals surface area contributed by atoms with Crippen LogP contribution in [0.25, 0.3) is 11.4 Å². The molecule has 1 aliphatic heterocycles. The predicted octanol–water partition coefficient (Wildman–Crippen LogP) is 2.84. The van der Waals surface area contributed by atoms with E-state index in [4.69, 9.17) is 0 Å². The molecule has 2 aromatic heterocycles. The van der Waals surface area contributed by atoms with Gasteiger partial charge in [0.15, 0.2) is 5.76 Å². The van der Waals surface area contributed by atoms with Gasteiger partial charge in [0.2, 0.25) is 0 Å². The number of aromatic nitrogens is 2. The van der Waals surface area contributed by atoms with Crippen LogP contribution in [0.2, 0.25) is 0 Å². The monoisotopic (exact) mass is 463 g/mol. The van der Waals surface area contributed by atoms with Gasteiger partial charge < -0.3 is 14.9 Å². The molecule has 1 N–H and O–H groups in total. The number of imidazole rings is 1. The molecule has 3 heterocycles. The van der Waals surface area contributed by atoms with Gasteiger partial charge in [-0.15, -0.1) is 0 Å². The van der Waals surface area contributed by atoms with Gasteiger partial charge in [0.25, 0.3) is 17.4 Å². The maximum atomic E-state index is 13.2. The number of ketones is 1. The zero-order valence-corrected chi connectivity index (χ0v) is 19.3. The first kappa shape index (κ1) is 23.1. The summed E-state index contributed by atoms with van der Waals surface area (Å²) >= 11 is 0. The van der Waals surface area contributed by atoms with Gasteiger partial charge in [0, 0.05) is 31.4 Å². The van der Waals surface area contributed by atoms with Gasteiger partial charge in [0.1, 0.15) is 11.3 Å². The van der Waals surface area contributed by atoms with Crippen LogP contribution in [0.3, 0.4) is 0 Å². The number of rotatable bonds is 6. The Kier molecular flexibility index (Phi) is 5.92. The number of likely N-dealkylation sites (tertiary alicyclic amines) is 1. The number of nitro benzene ring substituents is 1. The van der Waals surface area contributed by atoms with Crippen molar-refractivity contribution < 1.29 is 19.6 Å². The number of carbonyl (C=O) groups is 2. The number of carbonyl (C=O) groups excluding carboxylic acids is 2. The van der Waals surface area contributed by atoms with Gasteiger partial charge in [-0.25, -0.2) is 4.98 Å². The molecule has 1 amide bonds. The van der Waals surface area contributed by atoms with Crippen LogP contribution >= 0.6 is 0 Å². The Morgan fingerprint density at radius 1 is 1.18 bits per heavy atom. The van der Waals surface area contributed by atoms with Crippen LogP contribution in [0.4, 0.5) is 5.69 Å². The molecule has 10 heteroatoms. The molecule has 34 heavy (non-hydrogen) atoms. The molecule has 0 aliphatic carbocycles. The lowest BCUT2D eigenvalue weighted by molar-refractivity contribution is -0.384. The minimum atomic E-state index is -0.893. The van der Waals surface area contributed by atoms with Crippen LogP contribution in [-0.2, 0) is 9.59 Å². The summed E-state index contributed by atoms with van der Waals surface area (Å²) in [7, 11) is 3.70. The van der Waals surface area contributed by atoms with Crippen molar-refractivity contribution in [3.8, 4) is 0 Å². The number of aliphatic hydroxyl groups is 1. The highest BCUT2D eigenvalue weighted by atomic mass is 16.6. The van der Waals surface area contributed by atoms with Crippen LogP contribution in [-0.4, -0.2) is 68.1 Å². The minimum Gasteiger partial charge on any atom is -0.505 e. The minimum absolute atomic E-state index is 0.0657. The lowest BCUT2D eigenvalue weighted by Crippen LogP contribution is -2.35. The SMILES string of the molecule is Cc1nc2c(C)cccn2c1/C(O)=C1\C(=O)C(=O)N(CCN(C)C)[C@H]1c1ccc([N+](=O)[O-])cc1. The van der Waals surface area contributed by atoms with Crippen molar-refractivity contribution in [2.75, 3.05) is 27.2 Å². The van der Waals surface area contributed by atoms with Gasteiger partial charge >= 0.3 is 0 Å². The quantitative estimate of drug-likeness (QED) is 0.196. The second-order valence-electron chi connectivity index (χ2n) is 8.58. The maximum Gasteiger partial charge on any atom is 0.295 e. The molecule has 0 saturated carbocycles. The summed E-state index contributed by atoms with van der Waals surface area (Å²) in [5.41, 5.74) is 2.68. The van der Waals surface area contributed by atoms with E-state index in [1.807, 2.05) is 38.1 Å². The van der Waals surface area contributed by atoms with Crippen LogP contribution in [0.15, 0.2) is 48.2 Å². The average molecular weight is 463 g/mol. The van der Waals surface area contributed by atoms with E-state index in [2.05, 4.69) is 4.98 Å². The second kappa shape index (κ2) is 8.71. The highest BCUT2D eigenvalue weighted by Crippen LogP contribution is 2.40. The van der Waals surface area contributed by atoms with E-state index in [1.54, 1.807) is 17.5 Å². The summed E-state index contributed by atoms with van der Waals surface area (Å²) in [6.07, 6.45) is 1.74. The van der Waals surface area contributed by atoms with Crippen molar-refractivity contribution in [1.82, 2.24) is 19.2 Å². The molecule has 3 aromatic rings. The number of aryl methyl sites for hydroxylation is 2. The molecule has 176 valence electrons. The Morgan fingerprint density at radius 2 is 1.85 bits per heavy atom. The van der Waals surface area contributed by atoms with Crippen LogP contribution < -0.4 is 0 Å². The molecule has 0 spiro atoms. The third-order valence-electron chi connectivity index (χ3n) is 5.99. The molecule has 1 aromatic carbocycles. The predicted molar refractivity (Wildman–Crippen MR) is 125 cm³/mol. The molecule has 1 atom stereocenters. The van der Waals surface area contributed by atoms with E-state index in [1.165, 1.54) is 29.2 Å². The highest BCUT2D eigenvalue weighted by molar-refractivity contribution is 6.46. The summed E-state index contributed by atoms with van der Waals surface area (Å²) in [6, 6.07) is 8.48. The Hall–Kier alpha value is -4.05. The first-order chi connectivity index (χ1) is 16.1. The summed E-state index contributed by atoms with van der Waals surface area (Å²) < 4.78 is 1.69. The standard InChI is InChI=1S/C24H25N5O5/c1-14-6-5-11-27-19(15(2)25-23(14)27)21(30)18-20(16-7-9-17(10-8-16)29(33)34)28(13-12-26(3)4)24(32)22(18)31/h5-11,20,30H,12-13H2,1-4H3/b21-18+/t20-/m0/s1. The molecule has 0 radical (unpaired) electrons. The first-order valence-electron chi connectivity index (χ1n) is 10.7.